The summed E-state index contributed by atoms with van der Waals surface area (Å²) in [6.07, 6.45) is 0. The van der Waals surface area contributed by atoms with E-state index in [1.807, 2.05) is 24.3 Å². The molecule has 0 aliphatic rings. The van der Waals surface area contributed by atoms with Gasteiger partial charge in [0.25, 0.3) is 5.88 Å². The van der Waals surface area contributed by atoms with E-state index in [1.165, 1.54) is 11.8 Å². The molecule has 0 N–H and O–H groups in total. The lowest BCUT2D eigenvalue weighted by Crippen LogP contribution is -1.94. The molecule has 1 aromatic rings. The molecule has 0 unspecified atom stereocenters. The van der Waals surface area contributed by atoms with Gasteiger partial charge in [-0.3, -0.25) is 10.1 Å². The van der Waals surface area contributed by atoms with Crippen LogP contribution in [0.5, 0.6) is 0 Å². The average Bonchev–Trinajstić information content (AvgIpc) is 2.01. The van der Waals surface area contributed by atoms with Crippen LogP contribution in [0.25, 0.3) is 0 Å². The van der Waals surface area contributed by atoms with Gasteiger partial charge in [0.05, 0.1) is 0 Å². The zero-order chi connectivity index (χ0) is 8.97. The Bertz CT molecular complexity index is 292. The van der Waals surface area contributed by atoms with Crippen molar-refractivity contribution in [2.24, 2.45) is 0 Å². The Morgan fingerprint density at radius 1 is 1.58 bits per heavy atom. The lowest BCUT2D eigenvalue weighted by molar-refractivity contribution is -0.456. The predicted octanol–water partition coefficient (Wildman–Crippen LogP) is 2.78. The number of halogens is 1. The highest BCUT2D eigenvalue weighted by molar-refractivity contribution is 9.10. The lowest BCUT2D eigenvalue weighted by Gasteiger charge is -1.96. The van der Waals surface area contributed by atoms with Crippen molar-refractivity contribution >= 4 is 27.7 Å². The van der Waals surface area contributed by atoms with E-state index in [4.69, 9.17) is 0 Å². The Hall–Kier alpha value is -0.550. The van der Waals surface area contributed by atoms with Crippen molar-refractivity contribution in [3.63, 3.8) is 0 Å². The van der Waals surface area contributed by atoms with E-state index < -0.39 is 0 Å². The molecule has 12 heavy (non-hydrogen) atoms. The van der Waals surface area contributed by atoms with Crippen molar-refractivity contribution in [1.82, 2.24) is 0 Å². The molecule has 0 saturated heterocycles. The van der Waals surface area contributed by atoms with E-state index >= 15 is 0 Å². The van der Waals surface area contributed by atoms with Gasteiger partial charge in [0, 0.05) is 14.3 Å². The lowest BCUT2D eigenvalue weighted by atomic mass is 10.4. The molecular weight excluding hydrogens is 242 g/mol. The normalized spacial score (nSPS) is 9.75. The van der Waals surface area contributed by atoms with Crippen LogP contribution in [0.15, 0.2) is 33.6 Å². The molecule has 1 rings (SSSR count). The number of hydrogen-bond donors (Lipinski definition) is 0. The number of rotatable bonds is 3. The van der Waals surface area contributed by atoms with Crippen LogP contribution in [0.2, 0.25) is 0 Å². The number of nitro groups is 1. The summed E-state index contributed by atoms with van der Waals surface area (Å²) in [7, 11) is 0. The topological polar surface area (TPSA) is 43.1 Å². The van der Waals surface area contributed by atoms with Crippen molar-refractivity contribution in [1.29, 1.82) is 0 Å². The summed E-state index contributed by atoms with van der Waals surface area (Å²) in [5, 5.41) is 10.0. The van der Waals surface area contributed by atoms with Crippen molar-refractivity contribution in [2.75, 3.05) is 5.88 Å². The molecule has 0 saturated carbocycles. The first-order chi connectivity index (χ1) is 5.68. The molecule has 0 radical (unpaired) electrons. The Morgan fingerprint density at radius 3 is 2.92 bits per heavy atom. The molecule has 0 amide bonds. The predicted molar refractivity (Wildman–Crippen MR) is 51.9 cm³/mol. The molecule has 0 aliphatic carbocycles. The SMILES string of the molecule is O=[N+]([O-])CSc1cccc(Br)c1. The zero-order valence-corrected chi connectivity index (χ0v) is 8.47. The molecule has 0 atom stereocenters. The van der Waals surface area contributed by atoms with Gasteiger partial charge in [0.1, 0.15) is 0 Å². The first-order valence-corrected chi connectivity index (χ1v) is 4.96. The Kier molecular flexibility index (Phi) is 3.55. The Balaban J connectivity index is 2.57. The van der Waals surface area contributed by atoms with E-state index in [0.29, 0.717) is 0 Å². The van der Waals surface area contributed by atoms with Crippen LogP contribution in [-0.2, 0) is 0 Å². The highest BCUT2D eigenvalue weighted by atomic mass is 79.9. The van der Waals surface area contributed by atoms with Crippen LogP contribution in [-0.4, -0.2) is 10.8 Å². The first kappa shape index (κ1) is 9.54. The number of benzene rings is 1. The molecule has 0 aromatic heterocycles. The maximum Gasteiger partial charge on any atom is 0.253 e. The van der Waals surface area contributed by atoms with Gasteiger partial charge < -0.3 is 0 Å². The number of thioether (sulfide) groups is 1. The fourth-order valence-corrected chi connectivity index (χ4v) is 1.87. The molecule has 1 aromatic carbocycles. The number of hydrogen-bond acceptors (Lipinski definition) is 3. The van der Waals surface area contributed by atoms with Crippen LogP contribution in [0, 0.1) is 10.1 Å². The van der Waals surface area contributed by atoms with Crippen LogP contribution < -0.4 is 0 Å². The molecule has 3 nitrogen and oxygen atoms in total. The van der Waals surface area contributed by atoms with Gasteiger partial charge in [-0.15, -0.1) is 0 Å². The minimum Gasteiger partial charge on any atom is -0.264 e. The second-order valence-corrected chi connectivity index (χ2v) is 4.00. The summed E-state index contributed by atoms with van der Waals surface area (Å²) in [6, 6.07) is 7.44. The second-order valence-electron chi connectivity index (χ2n) is 2.06. The van der Waals surface area contributed by atoms with Gasteiger partial charge in [-0.1, -0.05) is 22.0 Å². The van der Waals surface area contributed by atoms with Gasteiger partial charge in [-0.25, -0.2) is 0 Å². The largest absolute Gasteiger partial charge is 0.264 e. The molecule has 0 spiro atoms. The second kappa shape index (κ2) is 4.47. The zero-order valence-electron chi connectivity index (χ0n) is 6.07. The third kappa shape index (κ3) is 3.23. The number of nitrogens with zero attached hydrogens (tertiary/aromatic N) is 1. The van der Waals surface area contributed by atoms with E-state index in [0.717, 1.165) is 9.37 Å². The average molecular weight is 248 g/mol. The van der Waals surface area contributed by atoms with E-state index in [-0.39, 0.29) is 10.8 Å². The fraction of sp³-hybridized carbons (Fsp3) is 0.143. The van der Waals surface area contributed by atoms with Gasteiger partial charge in [-0.2, -0.15) is 0 Å². The molecule has 0 heterocycles. The van der Waals surface area contributed by atoms with Crippen LogP contribution in [0.3, 0.4) is 0 Å². The van der Waals surface area contributed by atoms with Gasteiger partial charge in [-0.05, 0) is 30.0 Å². The Morgan fingerprint density at radius 2 is 2.33 bits per heavy atom. The standard InChI is InChI=1S/C7H6BrNO2S/c8-6-2-1-3-7(4-6)12-5-9(10)11/h1-4H,5H2. The maximum absolute atomic E-state index is 10.0. The third-order valence-corrected chi connectivity index (χ3v) is 2.55. The molecule has 64 valence electrons. The summed E-state index contributed by atoms with van der Waals surface area (Å²) in [4.78, 5) is 10.6. The van der Waals surface area contributed by atoms with Crippen LogP contribution in [0.4, 0.5) is 0 Å². The van der Waals surface area contributed by atoms with Gasteiger partial charge in [0.15, 0.2) is 0 Å². The summed E-state index contributed by atoms with van der Waals surface area (Å²) in [5.74, 6) is -0.0869. The first-order valence-electron chi connectivity index (χ1n) is 3.18. The van der Waals surface area contributed by atoms with Gasteiger partial charge in [0.2, 0.25) is 0 Å². The van der Waals surface area contributed by atoms with Crippen molar-refractivity contribution < 1.29 is 4.92 Å². The minimum absolute atomic E-state index is 0.0869. The highest BCUT2D eigenvalue weighted by Gasteiger charge is 1.99. The van der Waals surface area contributed by atoms with Crippen molar-refractivity contribution in [3.05, 3.63) is 38.9 Å². The van der Waals surface area contributed by atoms with Crippen molar-refractivity contribution in [3.8, 4) is 0 Å². The maximum atomic E-state index is 10.0. The smallest absolute Gasteiger partial charge is 0.253 e. The minimum atomic E-state index is -0.342. The van der Waals surface area contributed by atoms with Crippen LogP contribution >= 0.6 is 27.7 Å². The Labute approximate surface area is 82.4 Å². The van der Waals surface area contributed by atoms with E-state index in [1.54, 1.807) is 0 Å². The van der Waals surface area contributed by atoms with E-state index in [9.17, 15) is 10.1 Å². The third-order valence-electron chi connectivity index (χ3n) is 1.13. The molecule has 0 bridgehead atoms. The fourth-order valence-electron chi connectivity index (χ4n) is 0.684. The molecule has 5 heteroatoms. The summed E-state index contributed by atoms with van der Waals surface area (Å²) < 4.78 is 0.941. The monoisotopic (exact) mass is 247 g/mol. The highest BCUT2D eigenvalue weighted by Crippen LogP contribution is 2.21. The molecule has 0 aliphatic heterocycles. The van der Waals surface area contributed by atoms with E-state index in [2.05, 4.69) is 15.9 Å². The molecular formula is C7H6BrNO2S. The van der Waals surface area contributed by atoms with Crippen LogP contribution in [0.1, 0.15) is 0 Å². The summed E-state index contributed by atoms with van der Waals surface area (Å²) >= 11 is 4.50. The van der Waals surface area contributed by atoms with Crippen molar-refractivity contribution in [2.45, 2.75) is 4.90 Å². The van der Waals surface area contributed by atoms with Gasteiger partial charge >= 0.3 is 0 Å². The quantitative estimate of drug-likeness (QED) is 0.357. The summed E-state index contributed by atoms with van der Waals surface area (Å²) in [6.45, 7) is 0. The summed E-state index contributed by atoms with van der Waals surface area (Å²) in [5.41, 5.74) is 0. The molecule has 0 fully saturated rings.